The number of aryl methyl sites for hydroxylation is 2. The largest absolute Gasteiger partial charge is 0.459 e. The van der Waals surface area contributed by atoms with Gasteiger partial charge in [0.25, 0.3) is 0 Å². The fourth-order valence-electron chi connectivity index (χ4n) is 3.02. The molecule has 1 fully saturated rings. The molecule has 0 saturated carbocycles. The highest BCUT2D eigenvalue weighted by Crippen LogP contribution is 2.33. The van der Waals surface area contributed by atoms with Crippen molar-refractivity contribution in [3.8, 4) is 0 Å². The monoisotopic (exact) mass is 400 g/mol. The molecule has 2 aromatic rings. The predicted molar refractivity (Wildman–Crippen MR) is 103 cm³/mol. The van der Waals surface area contributed by atoms with Crippen molar-refractivity contribution in [1.82, 2.24) is 0 Å². The second-order valence-corrected chi connectivity index (χ2v) is 7.41. The van der Waals surface area contributed by atoms with Gasteiger partial charge in [-0.15, -0.1) is 0 Å². The lowest BCUT2D eigenvalue weighted by Crippen LogP contribution is -2.48. The van der Waals surface area contributed by atoms with E-state index in [0.717, 1.165) is 11.1 Å². The van der Waals surface area contributed by atoms with Gasteiger partial charge < -0.3 is 24.4 Å². The molecule has 7 heteroatoms. The highest BCUT2D eigenvalue weighted by Gasteiger charge is 2.55. The summed E-state index contributed by atoms with van der Waals surface area (Å²) in [4.78, 5) is 24.7. The van der Waals surface area contributed by atoms with Crippen LogP contribution < -0.4 is 0 Å². The van der Waals surface area contributed by atoms with Crippen LogP contribution in [0, 0.1) is 13.8 Å². The quantitative estimate of drug-likeness (QED) is 0.742. The smallest absolute Gasteiger partial charge is 0.338 e. The number of aliphatic hydroxyl groups excluding tert-OH is 1. The van der Waals surface area contributed by atoms with Crippen LogP contribution in [0.1, 0.15) is 38.8 Å². The second-order valence-electron chi connectivity index (χ2n) is 7.41. The Morgan fingerprint density at radius 2 is 1.45 bits per heavy atom. The molecule has 7 nitrogen and oxygen atoms in total. The first-order valence-electron chi connectivity index (χ1n) is 9.26. The Morgan fingerprint density at radius 1 is 0.966 bits per heavy atom. The second kappa shape index (κ2) is 8.32. The molecule has 154 valence electrons. The minimum absolute atomic E-state index is 0.295. The number of carbonyl (C=O) groups excluding carboxylic acids is 2. The summed E-state index contributed by atoms with van der Waals surface area (Å²) in [7, 11) is 0. The maximum atomic E-state index is 12.5. The molecular formula is C22H24O7. The Morgan fingerprint density at radius 3 is 1.97 bits per heavy atom. The first-order chi connectivity index (χ1) is 13.7. The van der Waals surface area contributed by atoms with Crippen molar-refractivity contribution in [2.75, 3.05) is 6.61 Å². The molecule has 0 spiro atoms. The van der Waals surface area contributed by atoms with E-state index in [0.29, 0.717) is 11.1 Å². The Labute approximate surface area is 168 Å². The Balaban J connectivity index is 1.69. The van der Waals surface area contributed by atoms with Gasteiger partial charge >= 0.3 is 11.9 Å². The molecule has 0 bridgehead atoms. The van der Waals surface area contributed by atoms with Gasteiger partial charge in [-0.05, 0) is 45.0 Å². The summed E-state index contributed by atoms with van der Waals surface area (Å²) < 4.78 is 16.0. The number of hydrogen-bond acceptors (Lipinski definition) is 7. The molecule has 2 unspecified atom stereocenters. The summed E-state index contributed by atoms with van der Waals surface area (Å²) in [5.74, 6) is -1.26. The van der Waals surface area contributed by atoms with Gasteiger partial charge in [-0.1, -0.05) is 35.4 Å². The summed E-state index contributed by atoms with van der Waals surface area (Å²) in [5.41, 5.74) is 0.774. The average Bonchev–Trinajstić information content (AvgIpc) is 2.90. The molecule has 0 aliphatic carbocycles. The van der Waals surface area contributed by atoms with Crippen LogP contribution in [0.25, 0.3) is 0 Å². The van der Waals surface area contributed by atoms with E-state index in [-0.39, 0.29) is 6.61 Å². The van der Waals surface area contributed by atoms with Gasteiger partial charge in [0.2, 0.25) is 0 Å². The SMILES string of the molecule is Cc1ccc(C(=O)OCC2OC(O)[C@](C)(O)[C@@H]2OC(=O)c2ccc(C)cc2)cc1. The minimum Gasteiger partial charge on any atom is -0.459 e. The van der Waals surface area contributed by atoms with Crippen molar-refractivity contribution in [1.29, 1.82) is 0 Å². The van der Waals surface area contributed by atoms with Gasteiger partial charge in [-0.3, -0.25) is 0 Å². The normalized spacial score (nSPS) is 26.2. The molecule has 29 heavy (non-hydrogen) atoms. The van der Waals surface area contributed by atoms with Crippen LogP contribution in [0.5, 0.6) is 0 Å². The number of aliphatic hydroxyl groups is 2. The van der Waals surface area contributed by atoms with E-state index in [1.54, 1.807) is 48.5 Å². The zero-order valence-corrected chi connectivity index (χ0v) is 16.5. The van der Waals surface area contributed by atoms with Crippen molar-refractivity contribution in [2.45, 2.75) is 44.9 Å². The number of esters is 2. The first kappa shape index (κ1) is 21.0. The van der Waals surface area contributed by atoms with Gasteiger partial charge in [0.05, 0.1) is 11.1 Å². The van der Waals surface area contributed by atoms with Crippen molar-refractivity contribution in [3.05, 3.63) is 70.8 Å². The number of ether oxygens (including phenoxy) is 3. The number of carbonyl (C=O) groups is 2. The highest BCUT2D eigenvalue weighted by atomic mass is 16.7. The summed E-state index contributed by atoms with van der Waals surface area (Å²) in [5, 5.41) is 20.6. The molecule has 0 radical (unpaired) electrons. The van der Waals surface area contributed by atoms with Crippen LogP contribution in [-0.4, -0.2) is 52.9 Å². The average molecular weight is 400 g/mol. The van der Waals surface area contributed by atoms with Crippen LogP contribution >= 0.6 is 0 Å². The van der Waals surface area contributed by atoms with Gasteiger partial charge in [-0.2, -0.15) is 0 Å². The van der Waals surface area contributed by atoms with E-state index in [9.17, 15) is 19.8 Å². The van der Waals surface area contributed by atoms with Crippen LogP contribution in [0.2, 0.25) is 0 Å². The lowest BCUT2D eigenvalue weighted by molar-refractivity contribution is -0.170. The zero-order valence-electron chi connectivity index (χ0n) is 16.5. The van der Waals surface area contributed by atoms with Crippen molar-refractivity contribution >= 4 is 11.9 Å². The van der Waals surface area contributed by atoms with Gasteiger partial charge in [0.1, 0.15) is 12.7 Å². The summed E-state index contributed by atoms with van der Waals surface area (Å²) >= 11 is 0. The first-order valence-corrected chi connectivity index (χ1v) is 9.26. The standard InChI is InChI=1S/C22H24O7/c1-13-4-8-15(9-5-13)19(23)27-12-17-18(22(3,26)21(25)28-17)29-20(24)16-10-6-14(2)7-11-16/h4-11,17-18,21,25-26H,12H2,1-3H3/t17?,18-,21?,22-/m1/s1. The molecule has 3 rings (SSSR count). The molecule has 2 aromatic carbocycles. The van der Waals surface area contributed by atoms with Crippen LogP contribution in [0.3, 0.4) is 0 Å². The van der Waals surface area contributed by atoms with Gasteiger partial charge in [0, 0.05) is 0 Å². The fraction of sp³-hybridized carbons (Fsp3) is 0.364. The van der Waals surface area contributed by atoms with E-state index >= 15 is 0 Å². The third-order valence-corrected chi connectivity index (χ3v) is 4.90. The fourth-order valence-corrected chi connectivity index (χ4v) is 3.02. The highest BCUT2D eigenvalue weighted by molar-refractivity contribution is 5.90. The van der Waals surface area contributed by atoms with Crippen molar-refractivity contribution in [3.63, 3.8) is 0 Å². The van der Waals surface area contributed by atoms with Crippen LogP contribution in [0.4, 0.5) is 0 Å². The Hall–Kier alpha value is -2.74. The van der Waals surface area contributed by atoms with E-state index in [4.69, 9.17) is 14.2 Å². The van der Waals surface area contributed by atoms with E-state index in [2.05, 4.69) is 0 Å². The zero-order chi connectivity index (χ0) is 21.2. The summed E-state index contributed by atoms with van der Waals surface area (Å²) in [6, 6.07) is 13.5. The van der Waals surface area contributed by atoms with E-state index < -0.39 is 36.0 Å². The number of rotatable bonds is 5. The lowest BCUT2D eigenvalue weighted by Gasteiger charge is -2.27. The molecule has 0 aromatic heterocycles. The molecule has 0 amide bonds. The van der Waals surface area contributed by atoms with Gasteiger partial charge in [0.15, 0.2) is 18.0 Å². The maximum absolute atomic E-state index is 12.5. The molecule has 1 saturated heterocycles. The number of hydrogen-bond donors (Lipinski definition) is 2. The molecule has 1 heterocycles. The molecule has 4 atom stereocenters. The summed E-state index contributed by atoms with van der Waals surface area (Å²) in [6.45, 7) is 4.79. The van der Waals surface area contributed by atoms with Crippen LogP contribution in [-0.2, 0) is 14.2 Å². The van der Waals surface area contributed by atoms with E-state index in [1.807, 2.05) is 13.8 Å². The Bertz CT molecular complexity index is 871. The topological polar surface area (TPSA) is 102 Å². The molecule has 1 aliphatic heterocycles. The lowest BCUT2D eigenvalue weighted by atomic mass is 9.97. The van der Waals surface area contributed by atoms with E-state index in [1.165, 1.54) is 6.92 Å². The minimum atomic E-state index is -1.86. The van der Waals surface area contributed by atoms with Crippen molar-refractivity contribution in [2.24, 2.45) is 0 Å². The Kier molecular flexibility index (Phi) is 6.02. The molecule has 1 aliphatic rings. The molecule has 2 N–H and O–H groups in total. The predicted octanol–water partition coefficient (Wildman–Crippen LogP) is 2.15. The summed E-state index contributed by atoms with van der Waals surface area (Å²) in [6.07, 6.45) is -3.85. The maximum Gasteiger partial charge on any atom is 0.338 e. The third-order valence-electron chi connectivity index (χ3n) is 4.90. The van der Waals surface area contributed by atoms with Crippen LogP contribution in [0.15, 0.2) is 48.5 Å². The number of benzene rings is 2. The molecular weight excluding hydrogens is 376 g/mol. The van der Waals surface area contributed by atoms with Crippen molar-refractivity contribution < 1.29 is 34.0 Å². The van der Waals surface area contributed by atoms with Gasteiger partial charge in [-0.25, -0.2) is 9.59 Å². The third kappa shape index (κ3) is 4.64.